The van der Waals surface area contributed by atoms with Gasteiger partial charge in [-0.2, -0.15) is 0 Å². The van der Waals surface area contributed by atoms with Crippen LogP contribution in [0.1, 0.15) is 30.3 Å². The average Bonchev–Trinajstić information content (AvgIpc) is 2.59. The number of hydrogen-bond donors (Lipinski definition) is 1. The Labute approximate surface area is 77.0 Å². The molecule has 0 unspecified atom stereocenters. The minimum absolute atomic E-state index is 0.358. The third-order valence-electron chi connectivity index (χ3n) is 2.44. The molecular formula is C9H14N2S. The predicted octanol–water partition coefficient (Wildman–Crippen LogP) is 2.72. The van der Waals surface area contributed by atoms with Crippen LogP contribution in [-0.4, -0.2) is 10.5 Å². The zero-order chi connectivity index (χ0) is 8.77. The van der Waals surface area contributed by atoms with Crippen LogP contribution >= 0.6 is 11.3 Å². The summed E-state index contributed by atoms with van der Waals surface area (Å²) in [5.41, 5.74) is 1.52. The lowest BCUT2D eigenvalue weighted by molar-refractivity contribution is 0.826. The summed E-state index contributed by atoms with van der Waals surface area (Å²) in [6, 6.07) is 0. The van der Waals surface area contributed by atoms with Crippen LogP contribution in [0.25, 0.3) is 0 Å². The molecule has 0 aromatic carbocycles. The van der Waals surface area contributed by atoms with Crippen molar-refractivity contribution in [3.8, 4) is 0 Å². The molecule has 2 nitrogen and oxygen atoms in total. The van der Waals surface area contributed by atoms with E-state index in [-0.39, 0.29) is 0 Å². The monoisotopic (exact) mass is 182 g/mol. The van der Waals surface area contributed by atoms with Gasteiger partial charge in [-0.15, -0.1) is 11.3 Å². The second kappa shape index (κ2) is 2.46. The van der Waals surface area contributed by atoms with Gasteiger partial charge in [0.05, 0.1) is 5.69 Å². The highest BCUT2D eigenvalue weighted by Crippen LogP contribution is 2.39. The maximum atomic E-state index is 4.44. The molecule has 12 heavy (non-hydrogen) atoms. The van der Waals surface area contributed by atoms with E-state index in [1.165, 1.54) is 17.7 Å². The van der Waals surface area contributed by atoms with Crippen molar-refractivity contribution in [3.05, 3.63) is 10.6 Å². The topological polar surface area (TPSA) is 24.9 Å². The molecule has 1 saturated carbocycles. The van der Waals surface area contributed by atoms with Crippen molar-refractivity contribution in [2.45, 2.75) is 39.2 Å². The minimum Gasteiger partial charge on any atom is -0.356 e. The van der Waals surface area contributed by atoms with Gasteiger partial charge < -0.3 is 5.32 Å². The van der Waals surface area contributed by atoms with E-state index in [0.717, 1.165) is 10.8 Å². The molecule has 2 rings (SSSR count). The molecule has 0 amide bonds. The molecule has 1 aliphatic rings. The first-order valence-electron chi connectivity index (χ1n) is 4.31. The summed E-state index contributed by atoms with van der Waals surface area (Å²) in [7, 11) is 0. The van der Waals surface area contributed by atoms with Crippen molar-refractivity contribution in [3.63, 3.8) is 0 Å². The SMILES string of the molecule is Cc1nc(NC2(C)CC2)sc1C. The molecule has 1 aromatic rings. The number of nitrogens with one attached hydrogen (secondary N) is 1. The highest BCUT2D eigenvalue weighted by molar-refractivity contribution is 7.15. The number of aryl methyl sites for hydroxylation is 2. The summed E-state index contributed by atoms with van der Waals surface area (Å²) >= 11 is 1.76. The molecule has 0 spiro atoms. The number of nitrogens with zero attached hydrogens (tertiary/aromatic N) is 1. The molecule has 0 radical (unpaired) electrons. The lowest BCUT2D eigenvalue weighted by Gasteiger charge is -2.08. The Morgan fingerprint density at radius 1 is 1.42 bits per heavy atom. The summed E-state index contributed by atoms with van der Waals surface area (Å²) < 4.78 is 0. The maximum Gasteiger partial charge on any atom is 0.183 e. The lowest BCUT2D eigenvalue weighted by atomic mass is 10.3. The Kier molecular flexibility index (Phi) is 1.65. The molecule has 3 heteroatoms. The van der Waals surface area contributed by atoms with Gasteiger partial charge in [0.15, 0.2) is 5.13 Å². The number of anilines is 1. The highest BCUT2D eigenvalue weighted by Gasteiger charge is 2.37. The first kappa shape index (κ1) is 8.05. The van der Waals surface area contributed by atoms with Gasteiger partial charge in [0, 0.05) is 10.4 Å². The smallest absolute Gasteiger partial charge is 0.183 e. The largest absolute Gasteiger partial charge is 0.356 e. The van der Waals surface area contributed by atoms with Crippen molar-refractivity contribution in [1.29, 1.82) is 0 Å². The average molecular weight is 182 g/mol. The summed E-state index contributed by atoms with van der Waals surface area (Å²) in [5.74, 6) is 0. The van der Waals surface area contributed by atoms with Crippen LogP contribution in [0.15, 0.2) is 0 Å². The van der Waals surface area contributed by atoms with Crippen molar-refractivity contribution in [2.75, 3.05) is 5.32 Å². The number of rotatable bonds is 2. The molecule has 1 aromatic heterocycles. The first-order chi connectivity index (χ1) is 5.59. The molecular weight excluding hydrogens is 168 g/mol. The van der Waals surface area contributed by atoms with E-state index in [4.69, 9.17) is 0 Å². The third kappa shape index (κ3) is 1.46. The number of aromatic nitrogens is 1. The fourth-order valence-corrected chi connectivity index (χ4v) is 2.06. The second-order valence-corrected chi connectivity index (χ2v) is 5.05. The van der Waals surface area contributed by atoms with Crippen LogP contribution in [0.2, 0.25) is 0 Å². The highest BCUT2D eigenvalue weighted by atomic mass is 32.1. The van der Waals surface area contributed by atoms with Crippen LogP contribution < -0.4 is 5.32 Å². The van der Waals surface area contributed by atoms with Crippen LogP contribution in [0, 0.1) is 13.8 Å². The van der Waals surface area contributed by atoms with Crippen LogP contribution in [0.5, 0.6) is 0 Å². The molecule has 0 saturated heterocycles. The van der Waals surface area contributed by atoms with E-state index in [9.17, 15) is 0 Å². The Bertz CT molecular complexity index is 280. The van der Waals surface area contributed by atoms with Crippen LogP contribution in [0.4, 0.5) is 5.13 Å². The molecule has 66 valence electrons. The molecule has 1 aliphatic carbocycles. The van der Waals surface area contributed by atoms with Gasteiger partial charge >= 0.3 is 0 Å². The van der Waals surface area contributed by atoms with Gasteiger partial charge in [-0.3, -0.25) is 0 Å². The first-order valence-corrected chi connectivity index (χ1v) is 5.13. The van der Waals surface area contributed by atoms with E-state index in [1.54, 1.807) is 11.3 Å². The third-order valence-corrected chi connectivity index (χ3v) is 3.43. The second-order valence-electron chi connectivity index (χ2n) is 3.85. The Balaban J connectivity index is 2.13. The zero-order valence-corrected chi connectivity index (χ0v) is 8.59. The fraction of sp³-hybridized carbons (Fsp3) is 0.667. The molecule has 0 atom stereocenters. The molecule has 0 bridgehead atoms. The molecule has 1 N–H and O–H groups in total. The van der Waals surface area contributed by atoms with E-state index in [2.05, 4.69) is 31.1 Å². The molecule has 0 aliphatic heterocycles. The van der Waals surface area contributed by atoms with Gasteiger partial charge in [-0.1, -0.05) is 0 Å². The fourth-order valence-electron chi connectivity index (χ4n) is 1.10. The van der Waals surface area contributed by atoms with Gasteiger partial charge in [-0.05, 0) is 33.6 Å². The van der Waals surface area contributed by atoms with E-state index >= 15 is 0 Å². The Morgan fingerprint density at radius 2 is 2.08 bits per heavy atom. The van der Waals surface area contributed by atoms with Gasteiger partial charge in [0.1, 0.15) is 0 Å². The standard InChI is InChI=1S/C9H14N2S/c1-6-7(2)12-8(10-6)11-9(3)4-5-9/h4-5H2,1-3H3,(H,10,11). The van der Waals surface area contributed by atoms with Crippen molar-refractivity contribution < 1.29 is 0 Å². The van der Waals surface area contributed by atoms with Crippen molar-refractivity contribution in [1.82, 2.24) is 4.98 Å². The summed E-state index contributed by atoms with van der Waals surface area (Å²) in [6.45, 7) is 6.43. The predicted molar refractivity (Wildman–Crippen MR) is 52.8 cm³/mol. The van der Waals surface area contributed by atoms with Crippen molar-refractivity contribution >= 4 is 16.5 Å². The lowest BCUT2D eigenvalue weighted by Crippen LogP contribution is -2.15. The number of hydrogen-bond acceptors (Lipinski definition) is 3. The molecule has 1 heterocycles. The normalized spacial score (nSPS) is 19.2. The Hall–Kier alpha value is -0.570. The van der Waals surface area contributed by atoms with E-state index in [1.807, 2.05) is 0 Å². The van der Waals surface area contributed by atoms with Gasteiger partial charge in [0.25, 0.3) is 0 Å². The maximum absolute atomic E-state index is 4.44. The quantitative estimate of drug-likeness (QED) is 0.760. The van der Waals surface area contributed by atoms with E-state index in [0.29, 0.717) is 5.54 Å². The summed E-state index contributed by atoms with van der Waals surface area (Å²) in [5, 5.41) is 4.55. The van der Waals surface area contributed by atoms with Crippen LogP contribution in [-0.2, 0) is 0 Å². The van der Waals surface area contributed by atoms with Gasteiger partial charge in [-0.25, -0.2) is 4.98 Å². The number of thiazole rings is 1. The van der Waals surface area contributed by atoms with Gasteiger partial charge in [0.2, 0.25) is 0 Å². The summed E-state index contributed by atoms with van der Waals surface area (Å²) in [4.78, 5) is 5.76. The minimum atomic E-state index is 0.358. The summed E-state index contributed by atoms with van der Waals surface area (Å²) in [6.07, 6.45) is 2.56. The zero-order valence-electron chi connectivity index (χ0n) is 7.77. The molecule has 1 fully saturated rings. The van der Waals surface area contributed by atoms with E-state index < -0.39 is 0 Å². The van der Waals surface area contributed by atoms with Crippen molar-refractivity contribution in [2.24, 2.45) is 0 Å². The van der Waals surface area contributed by atoms with Crippen LogP contribution in [0.3, 0.4) is 0 Å². The Morgan fingerprint density at radius 3 is 2.50 bits per heavy atom.